The molecule has 0 aliphatic rings. The molecule has 1 N–H and O–H groups in total. The first-order valence-corrected chi connectivity index (χ1v) is 14.2. The van der Waals surface area contributed by atoms with Gasteiger partial charge in [-0.1, -0.05) is 57.4 Å². The van der Waals surface area contributed by atoms with Gasteiger partial charge in [0.2, 0.25) is 5.75 Å². The lowest BCUT2D eigenvalue weighted by atomic mass is 10.0. The zero-order valence-electron chi connectivity index (χ0n) is 23.9. The van der Waals surface area contributed by atoms with Gasteiger partial charge in [0, 0.05) is 11.6 Å². The van der Waals surface area contributed by atoms with Crippen LogP contribution < -0.4 is 14.2 Å². The summed E-state index contributed by atoms with van der Waals surface area (Å²) < 4.78 is 16.7. The molecule has 0 spiro atoms. The molecule has 3 aromatic carbocycles. The maximum absolute atomic E-state index is 12.7. The summed E-state index contributed by atoms with van der Waals surface area (Å²) in [7, 11) is 0. The van der Waals surface area contributed by atoms with Crippen LogP contribution in [0.15, 0.2) is 78.9 Å². The van der Waals surface area contributed by atoms with E-state index in [0.717, 1.165) is 56.3 Å². The van der Waals surface area contributed by atoms with Gasteiger partial charge in [-0.05, 0) is 79.3 Å². The number of esters is 1. The molecule has 0 radical (unpaired) electrons. The van der Waals surface area contributed by atoms with E-state index in [4.69, 9.17) is 19.3 Å². The number of carbonyl (C=O) groups excluding carboxylic acids is 1. The van der Waals surface area contributed by atoms with Crippen molar-refractivity contribution in [2.45, 2.75) is 58.3 Å². The Morgan fingerprint density at radius 1 is 0.810 bits per heavy atom. The fraction of sp³-hybridized carbons (Fsp3) is 0.333. The Labute approximate surface area is 245 Å². The maximum Gasteiger partial charge on any atom is 0.343 e. The van der Waals surface area contributed by atoms with Crippen LogP contribution in [0.1, 0.15) is 68.6 Å². The van der Waals surface area contributed by atoms with Crippen molar-refractivity contribution in [2.75, 3.05) is 13.2 Å². The first-order chi connectivity index (χ1) is 20.3. The van der Waals surface area contributed by atoms with E-state index < -0.39 is 16.9 Å². The van der Waals surface area contributed by atoms with Crippen molar-refractivity contribution in [1.29, 1.82) is 0 Å². The summed E-state index contributed by atoms with van der Waals surface area (Å²) in [5.74, 6) is -0.434. The predicted octanol–water partition coefficient (Wildman–Crippen LogP) is 8.02. The number of carbonyl (C=O) groups is 2. The number of unbranched alkanes of at least 4 members (excludes halogenated alkanes) is 5. The third-order valence-corrected chi connectivity index (χ3v) is 6.55. The highest BCUT2D eigenvalue weighted by Crippen LogP contribution is 2.33. The second kappa shape index (κ2) is 16.6. The topological polar surface area (TPSA) is 125 Å². The molecule has 0 aliphatic carbocycles. The van der Waals surface area contributed by atoms with Crippen LogP contribution in [0.5, 0.6) is 17.2 Å². The zero-order chi connectivity index (χ0) is 30.3. The average molecular weight is 576 g/mol. The van der Waals surface area contributed by atoms with Crippen molar-refractivity contribution in [3.05, 3.63) is 94.6 Å². The number of rotatable bonds is 18. The van der Waals surface area contributed by atoms with E-state index in [-0.39, 0.29) is 22.6 Å². The number of nitrogens with zero attached hydrogens (tertiary/aromatic N) is 1. The van der Waals surface area contributed by atoms with Crippen LogP contribution in [-0.4, -0.2) is 35.2 Å². The molecule has 0 aliphatic heterocycles. The van der Waals surface area contributed by atoms with E-state index in [1.807, 2.05) is 31.2 Å². The number of carboxylic acids is 1. The minimum atomic E-state index is -0.928. The van der Waals surface area contributed by atoms with Gasteiger partial charge in [0.05, 0.1) is 23.7 Å². The van der Waals surface area contributed by atoms with E-state index in [1.165, 1.54) is 12.1 Å². The summed E-state index contributed by atoms with van der Waals surface area (Å²) in [4.78, 5) is 34.6. The molecule has 0 fully saturated rings. The minimum Gasteiger partial charge on any atom is -0.494 e. The molecule has 0 unspecified atom stereocenters. The fourth-order valence-electron chi connectivity index (χ4n) is 4.18. The average Bonchev–Trinajstić information content (AvgIpc) is 2.99. The Kier molecular flexibility index (Phi) is 12.6. The van der Waals surface area contributed by atoms with Crippen LogP contribution in [0.25, 0.3) is 11.1 Å². The largest absolute Gasteiger partial charge is 0.494 e. The number of benzene rings is 3. The molecule has 0 saturated carbocycles. The number of aliphatic carboxylic acids is 1. The number of hydrogen-bond donors (Lipinski definition) is 1. The van der Waals surface area contributed by atoms with Gasteiger partial charge >= 0.3 is 17.6 Å². The van der Waals surface area contributed by atoms with Gasteiger partial charge in [0.1, 0.15) is 11.5 Å². The van der Waals surface area contributed by atoms with Gasteiger partial charge < -0.3 is 19.3 Å². The molecule has 222 valence electrons. The van der Waals surface area contributed by atoms with Gasteiger partial charge in [0.15, 0.2) is 0 Å². The van der Waals surface area contributed by atoms with Crippen molar-refractivity contribution in [1.82, 2.24) is 0 Å². The van der Waals surface area contributed by atoms with Gasteiger partial charge in [-0.25, -0.2) is 9.59 Å². The number of nitro groups is 1. The fourth-order valence-corrected chi connectivity index (χ4v) is 4.18. The number of nitro benzene ring substituents is 1. The molecular weight excluding hydrogens is 538 g/mol. The first-order valence-electron chi connectivity index (χ1n) is 14.2. The van der Waals surface area contributed by atoms with Gasteiger partial charge in [0.25, 0.3) is 0 Å². The predicted molar refractivity (Wildman–Crippen MR) is 160 cm³/mol. The first kappa shape index (κ1) is 31.9. The van der Waals surface area contributed by atoms with Crippen LogP contribution >= 0.6 is 0 Å². The smallest absolute Gasteiger partial charge is 0.343 e. The van der Waals surface area contributed by atoms with E-state index in [1.54, 1.807) is 30.3 Å². The Hall–Kier alpha value is -4.66. The Morgan fingerprint density at radius 3 is 2.00 bits per heavy atom. The van der Waals surface area contributed by atoms with Crippen LogP contribution in [0, 0.1) is 10.1 Å². The van der Waals surface area contributed by atoms with Crippen molar-refractivity contribution >= 4 is 17.6 Å². The van der Waals surface area contributed by atoms with Gasteiger partial charge in [-0.15, -0.1) is 0 Å². The van der Waals surface area contributed by atoms with Crippen molar-refractivity contribution in [3.63, 3.8) is 0 Å². The molecule has 0 atom stereocenters. The van der Waals surface area contributed by atoms with Gasteiger partial charge in [-0.3, -0.25) is 10.1 Å². The lowest BCUT2D eigenvalue weighted by Crippen LogP contribution is -2.10. The number of hydrogen-bond acceptors (Lipinski definition) is 7. The van der Waals surface area contributed by atoms with Crippen molar-refractivity contribution in [3.8, 4) is 28.4 Å². The molecule has 0 saturated heterocycles. The normalized spacial score (nSPS) is 10.6. The lowest BCUT2D eigenvalue weighted by Gasteiger charge is -2.09. The SMILES string of the molecule is C=C(CCCCCCCCOc1ccc(C(=O)Oc2ccc(-c3ccc(OCCC)cc3)cc2[N+](=O)[O-])cc1)C(=O)O. The van der Waals surface area contributed by atoms with Gasteiger partial charge in [-0.2, -0.15) is 0 Å². The third-order valence-electron chi connectivity index (χ3n) is 6.55. The van der Waals surface area contributed by atoms with Crippen molar-refractivity contribution < 1.29 is 33.8 Å². The summed E-state index contributed by atoms with van der Waals surface area (Å²) in [6.07, 6.45) is 7.18. The van der Waals surface area contributed by atoms with Crippen LogP contribution in [0.2, 0.25) is 0 Å². The van der Waals surface area contributed by atoms with Crippen molar-refractivity contribution in [2.24, 2.45) is 0 Å². The number of ether oxygens (including phenoxy) is 3. The molecule has 0 bridgehead atoms. The Morgan fingerprint density at radius 2 is 1.38 bits per heavy atom. The maximum atomic E-state index is 12.7. The highest BCUT2D eigenvalue weighted by atomic mass is 16.6. The highest BCUT2D eigenvalue weighted by Gasteiger charge is 2.20. The molecule has 42 heavy (non-hydrogen) atoms. The van der Waals surface area contributed by atoms with E-state index in [9.17, 15) is 19.7 Å². The molecule has 0 heterocycles. The van der Waals surface area contributed by atoms with E-state index in [0.29, 0.717) is 30.9 Å². The molecule has 9 heteroatoms. The quantitative estimate of drug-likeness (QED) is 0.0404. The van der Waals surface area contributed by atoms with E-state index in [2.05, 4.69) is 6.58 Å². The summed E-state index contributed by atoms with van der Waals surface area (Å²) in [6, 6.07) is 18.2. The second-order valence-electron chi connectivity index (χ2n) is 9.85. The number of carboxylic acid groups (broad SMARTS) is 1. The lowest BCUT2D eigenvalue weighted by molar-refractivity contribution is -0.385. The summed E-state index contributed by atoms with van der Waals surface area (Å²) in [6.45, 7) is 6.70. The van der Waals surface area contributed by atoms with Crippen LogP contribution in [0.4, 0.5) is 5.69 Å². The summed E-state index contributed by atoms with van der Waals surface area (Å²) in [5.41, 5.74) is 1.59. The molecule has 3 aromatic rings. The molecular formula is C33H37NO8. The zero-order valence-corrected chi connectivity index (χ0v) is 23.9. The molecule has 0 amide bonds. The molecule has 0 aromatic heterocycles. The van der Waals surface area contributed by atoms with E-state index >= 15 is 0 Å². The minimum absolute atomic E-state index is 0.135. The summed E-state index contributed by atoms with van der Waals surface area (Å²) >= 11 is 0. The third kappa shape index (κ3) is 10.1. The summed E-state index contributed by atoms with van der Waals surface area (Å²) in [5, 5.41) is 20.6. The molecule has 9 nitrogen and oxygen atoms in total. The van der Waals surface area contributed by atoms with Crippen LogP contribution in [0.3, 0.4) is 0 Å². The highest BCUT2D eigenvalue weighted by molar-refractivity contribution is 5.92. The standard InChI is InChI=1S/C33H37NO8/c1-3-21-40-28-16-11-25(12-17-28)27-15-20-31(30(23-27)34(38)39)42-33(37)26-13-18-29(19-14-26)41-22-9-7-5-4-6-8-10-24(2)32(35)36/h11-20,23H,2-10,21-22H2,1H3,(H,35,36). The Bertz CT molecular complexity index is 1350. The second-order valence-corrected chi connectivity index (χ2v) is 9.85. The van der Waals surface area contributed by atoms with Crippen LogP contribution in [-0.2, 0) is 4.79 Å². The Balaban J connectivity index is 1.46. The monoisotopic (exact) mass is 575 g/mol. The molecule has 3 rings (SSSR count).